The number of anilines is 2. The summed E-state index contributed by atoms with van der Waals surface area (Å²) in [6.07, 6.45) is 3.50. The van der Waals surface area contributed by atoms with E-state index in [9.17, 15) is 12.8 Å². The van der Waals surface area contributed by atoms with Gasteiger partial charge in [-0.2, -0.15) is 0 Å². The Labute approximate surface area is 274 Å². The zero-order valence-electron chi connectivity index (χ0n) is 24.3. The molecule has 0 saturated carbocycles. The number of nitrogens with one attached hydrogen (secondary N) is 1. The number of pyridine rings is 1. The maximum Gasteiger partial charge on any atom is 0.197 e. The van der Waals surface area contributed by atoms with E-state index in [1.807, 2.05) is 29.6 Å². The number of ether oxygens (including phenoxy) is 2. The number of hydrogen-bond donors (Lipinski definition) is 1. The second-order valence-electron chi connectivity index (χ2n) is 10.1. The van der Waals surface area contributed by atoms with Gasteiger partial charge in [-0.1, -0.05) is 35.9 Å². The van der Waals surface area contributed by atoms with E-state index < -0.39 is 9.84 Å². The number of rotatable bonds is 13. The van der Waals surface area contributed by atoms with Crippen LogP contribution in [0.15, 0.2) is 102 Å². The van der Waals surface area contributed by atoms with Crippen molar-refractivity contribution in [2.45, 2.75) is 18.1 Å². The summed E-state index contributed by atoms with van der Waals surface area (Å²) in [6, 6.07) is 22.2. The second kappa shape index (κ2) is 14.3. The minimum absolute atomic E-state index is 0.0489. The van der Waals surface area contributed by atoms with E-state index in [0.717, 1.165) is 27.2 Å². The van der Waals surface area contributed by atoms with Crippen LogP contribution in [0.2, 0.25) is 5.02 Å². The molecule has 0 aliphatic carbocycles. The van der Waals surface area contributed by atoms with E-state index in [2.05, 4.69) is 20.3 Å². The Morgan fingerprint density at radius 1 is 0.935 bits per heavy atom. The Bertz CT molecular complexity index is 2080. The number of aromatic nitrogens is 4. The summed E-state index contributed by atoms with van der Waals surface area (Å²) < 4.78 is 49.6. The van der Waals surface area contributed by atoms with Gasteiger partial charge in [-0.05, 0) is 60.2 Å². The van der Waals surface area contributed by atoms with Crippen LogP contribution >= 0.6 is 22.9 Å². The molecule has 3 heterocycles. The zero-order chi connectivity index (χ0) is 31.9. The van der Waals surface area contributed by atoms with Gasteiger partial charge in [-0.25, -0.2) is 32.7 Å². The minimum atomic E-state index is -3.48. The molecule has 0 bridgehead atoms. The van der Waals surface area contributed by atoms with Gasteiger partial charge in [0, 0.05) is 34.6 Å². The van der Waals surface area contributed by atoms with Gasteiger partial charge in [-0.3, -0.25) is 0 Å². The summed E-state index contributed by atoms with van der Waals surface area (Å²) in [5.74, 6) is 0.618. The fourth-order valence-electron chi connectivity index (χ4n) is 4.56. The molecule has 0 saturated heterocycles. The number of halogens is 2. The van der Waals surface area contributed by atoms with Gasteiger partial charge < -0.3 is 14.8 Å². The molecule has 3 aromatic heterocycles. The van der Waals surface area contributed by atoms with Crippen molar-refractivity contribution in [2.75, 3.05) is 24.3 Å². The van der Waals surface area contributed by atoms with E-state index in [1.54, 1.807) is 36.4 Å². The van der Waals surface area contributed by atoms with Crippen molar-refractivity contribution in [2.24, 2.45) is 0 Å². The van der Waals surface area contributed by atoms with Crippen molar-refractivity contribution in [3.63, 3.8) is 0 Å². The molecule has 9 nitrogen and oxygen atoms in total. The molecule has 0 spiro atoms. The van der Waals surface area contributed by atoms with Crippen LogP contribution in [0.5, 0.6) is 5.75 Å². The van der Waals surface area contributed by atoms with Gasteiger partial charge in [-0.15, -0.1) is 11.3 Å². The molecule has 13 heteroatoms. The first-order valence-electron chi connectivity index (χ1n) is 14.2. The van der Waals surface area contributed by atoms with Gasteiger partial charge >= 0.3 is 0 Å². The van der Waals surface area contributed by atoms with Gasteiger partial charge in [0.1, 0.15) is 30.3 Å². The fourth-order valence-corrected chi connectivity index (χ4v) is 6.64. The van der Waals surface area contributed by atoms with Crippen LogP contribution in [0.3, 0.4) is 0 Å². The summed E-state index contributed by atoms with van der Waals surface area (Å²) in [6.45, 7) is 0.612. The standard InChI is InChI=1S/C33H27ClFN5O4S2/c34-27-18-25(8-10-30(27)44-19-22-4-3-5-24(35)16-22)39-33-26-17-23(7-9-28(26)37-21-38-33)29-20-45-31(40-29)11-13-43-14-15-46(41,42)32-6-1-2-12-36-32/h1-10,12,16-18,20-21H,11,13-15,19H2,(H,37,38,39). The average Bonchev–Trinajstić information content (AvgIpc) is 3.54. The highest BCUT2D eigenvalue weighted by atomic mass is 35.5. The third-order valence-electron chi connectivity index (χ3n) is 6.87. The Hall–Kier alpha value is -4.49. The summed E-state index contributed by atoms with van der Waals surface area (Å²) in [4.78, 5) is 17.5. The van der Waals surface area contributed by atoms with Gasteiger partial charge in [0.05, 0.1) is 40.2 Å². The van der Waals surface area contributed by atoms with E-state index in [0.29, 0.717) is 40.9 Å². The van der Waals surface area contributed by atoms with Crippen molar-refractivity contribution in [1.82, 2.24) is 19.9 Å². The van der Waals surface area contributed by atoms with E-state index >= 15 is 0 Å². The minimum Gasteiger partial charge on any atom is -0.487 e. The Balaban J connectivity index is 1.08. The molecular formula is C33H27ClFN5O4S2. The molecule has 0 unspecified atom stereocenters. The molecule has 0 radical (unpaired) electrons. The average molecular weight is 676 g/mol. The number of sulfone groups is 1. The largest absolute Gasteiger partial charge is 0.487 e. The zero-order valence-corrected chi connectivity index (χ0v) is 26.7. The molecule has 46 heavy (non-hydrogen) atoms. The van der Waals surface area contributed by atoms with E-state index in [4.69, 9.17) is 26.1 Å². The first-order chi connectivity index (χ1) is 22.3. The van der Waals surface area contributed by atoms with Crippen molar-refractivity contribution in [3.05, 3.63) is 118 Å². The molecule has 0 fully saturated rings. The van der Waals surface area contributed by atoms with E-state index in [-0.39, 0.29) is 29.8 Å². The smallest absolute Gasteiger partial charge is 0.197 e. The monoisotopic (exact) mass is 675 g/mol. The van der Waals surface area contributed by atoms with Crippen molar-refractivity contribution in [1.29, 1.82) is 0 Å². The molecule has 0 amide bonds. The predicted molar refractivity (Wildman–Crippen MR) is 177 cm³/mol. The molecule has 0 atom stereocenters. The van der Waals surface area contributed by atoms with Crippen LogP contribution in [0.25, 0.3) is 22.2 Å². The number of nitrogens with zero attached hydrogens (tertiary/aromatic N) is 4. The lowest BCUT2D eigenvalue weighted by atomic mass is 10.1. The molecular weight excluding hydrogens is 649 g/mol. The van der Waals surface area contributed by atoms with Gasteiger partial charge in [0.15, 0.2) is 14.9 Å². The second-order valence-corrected chi connectivity index (χ2v) is 13.5. The molecule has 0 aliphatic heterocycles. The van der Waals surface area contributed by atoms with Crippen LogP contribution in [0.1, 0.15) is 10.6 Å². The highest BCUT2D eigenvalue weighted by molar-refractivity contribution is 7.91. The van der Waals surface area contributed by atoms with Crippen molar-refractivity contribution in [3.8, 4) is 17.0 Å². The van der Waals surface area contributed by atoms with Crippen LogP contribution in [0, 0.1) is 5.82 Å². The molecule has 0 aliphatic rings. The SMILES string of the molecule is O=S(=O)(CCOCCc1nc(-c2ccc3ncnc(Nc4ccc(OCc5cccc(F)c5)c(Cl)c4)c3c2)cs1)c1ccccn1. The lowest BCUT2D eigenvalue weighted by Crippen LogP contribution is -2.14. The quantitative estimate of drug-likeness (QED) is 0.126. The predicted octanol–water partition coefficient (Wildman–Crippen LogP) is 7.30. The normalized spacial score (nSPS) is 11.5. The summed E-state index contributed by atoms with van der Waals surface area (Å²) in [5, 5.41) is 7.41. The Morgan fingerprint density at radius 3 is 2.67 bits per heavy atom. The van der Waals surface area contributed by atoms with Crippen LogP contribution in [0.4, 0.5) is 15.9 Å². The van der Waals surface area contributed by atoms with Crippen LogP contribution in [-0.4, -0.2) is 47.3 Å². The third-order valence-corrected chi connectivity index (χ3v) is 9.66. The van der Waals surface area contributed by atoms with Gasteiger partial charge in [0.25, 0.3) is 0 Å². The maximum absolute atomic E-state index is 13.5. The number of benzene rings is 3. The van der Waals surface area contributed by atoms with Crippen LogP contribution in [-0.2, 0) is 27.6 Å². The Kier molecular flexibility index (Phi) is 9.79. The maximum atomic E-state index is 13.5. The lowest BCUT2D eigenvalue weighted by Gasteiger charge is -2.12. The lowest BCUT2D eigenvalue weighted by molar-refractivity contribution is 0.152. The summed E-state index contributed by atoms with van der Waals surface area (Å²) in [7, 11) is -3.48. The topological polar surface area (TPSA) is 116 Å². The highest BCUT2D eigenvalue weighted by Gasteiger charge is 2.15. The molecule has 6 rings (SSSR count). The number of fused-ring (bicyclic) bond motifs is 1. The first kappa shape index (κ1) is 31.5. The molecule has 1 N–H and O–H groups in total. The van der Waals surface area contributed by atoms with Crippen molar-refractivity contribution < 1.29 is 22.3 Å². The fraction of sp³-hybridized carbons (Fsp3) is 0.152. The third kappa shape index (κ3) is 7.83. The summed E-state index contributed by atoms with van der Waals surface area (Å²) in [5.41, 5.74) is 3.86. The number of hydrogen-bond acceptors (Lipinski definition) is 10. The van der Waals surface area contributed by atoms with Crippen molar-refractivity contribution >= 4 is 55.2 Å². The summed E-state index contributed by atoms with van der Waals surface area (Å²) >= 11 is 8.01. The van der Waals surface area contributed by atoms with Gasteiger partial charge in [0.2, 0.25) is 0 Å². The first-order valence-corrected chi connectivity index (χ1v) is 17.1. The number of thiazole rings is 1. The molecule has 234 valence electrons. The molecule has 3 aromatic carbocycles. The Morgan fingerprint density at radius 2 is 1.85 bits per heavy atom. The molecule has 6 aromatic rings. The van der Waals surface area contributed by atoms with E-state index in [1.165, 1.54) is 42.1 Å². The van der Waals surface area contributed by atoms with Crippen LogP contribution < -0.4 is 10.1 Å². The highest BCUT2D eigenvalue weighted by Crippen LogP contribution is 2.32.